The molecule has 1 N–H and O–H groups in total. The highest BCUT2D eigenvalue weighted by Gasteiger charge is 2.21. The maximum atomic E-state index is 12.0. The summed E-state index contributed by atoms with van der Waals surface area (Å²) >= 11 is 0. The SMILES string of the molecule is Cc1nc2c(n1CC(=O)NC(C)(C)C)CCCC2. The molecule has 4 nitrogen and oxygen atoms in total. The summed E-state index contributed by atoms with van der Waals surface area (Å²) in [5.74, 6) is 1.03. The predicted molar refractivity (Wildman–Crippen MR) is 71.5 cm³/mol. The lowest BCUT2D eigenvalue weighted by molar-refractivity contribution is -0.123. The van der Waals surface area contributed by atoms with Gasteiger partial charge in [0.2, 0.25) is 5.91 Å². The van der Waals surface area contributed by atoms with E-state index in [4.69, 9.17) is 0 Å². The summed E-state index contributed by atoms with van der Waals surface area (Å²) in [6.45, 7) is 8.39. The first-order valence-corrected chi connectivity index (χ1v) is 6.73. The van der Waals surface area contributed by atoms with Gasteiger partial charge in [-0.25, -0.2) is 4.98 Å². The molecule has 0 atom stereocenters. The van der Waals surface area contributed by atoms with Crippen LogP contribution in [0.2, 0.25) is 0 Å². The largest absolute Gasteiger partial charge is 0.350 e. The smallest absolute Gasteiger partial charge is 0.240 e. The van der Waals surface area contributed by atoms with E-state index in [2.05, 4.69) is 14.9 Å². The van der Waals surface area contributed by atoms with Crippen LogP contribution in [0.4, 0.5) is 0 Å². The maximum absolute atomic E-state index is 12.0. The monoisotopic (exact) mass is 249 g/mol. The second-order valence-corrected chi connectivity index (χ2v) is 6.14. The van der Waals surface area contributed by atoms with Crippen LogP contribution in [-0.2, 0) is 24.2 Å². The zero-order valence-corrected chi connectivity index (χ0v) is 11.8. The van der Waals surface area contributed by atoms with Crippen molar-refractivity contribution in [3.8, 4) is 0 Å². The molecule has 0 spiro atoms. The molecule has 0 unspecified atom stereocenters. The van der Waals surface area contributed by atoms with E-state index in [9.17, 15) is 4.79 Å². The van der Waals surface area contributed by atoms with Gasteiger partial charge in [0.25, 0.3) is 0 Å². The summed E-state index contributed by atoms with van der Waals surface area (Å²) in [6.07, 6.45) is 4.54. The fourth-order valence-electron chi connectivity index (χ4n) is 2.55. The number of rotatable bonds is 2. The minimum absolute atomic E-state index is 0.0661. The Bertz CT molecular complexity index is 454. The number of nitrogens with zero attached hydrogens (tertiary/aromatic N) is 2. The van der Waals surface area contributed by atoms with Gasteiger partial charge in [-0.15, -0.1) is 0 Å². The average Bonchev–Trinajstić information content (AvgIpc) is 2.53. The van der Waals surface area contributed by atoms with Gasteiger partial charge in [-0.2, -0.15) is 0 Å². The number of carbonyl (C=O) groups is 1. The van der Waals surface area contributed by atoms with E-state index in [0.29, 0.717) is 6.54 Å². The molecule has 100 valence electrons. The summed E-state index contributed by atoms with van der Waals surface area (Å²) in [6, 6.07) is 0. The summed E-state index contributed by atoms with van der Waals surface area (Å²) in [5.41, 5.74) is 2.29. The number of imidazole rings is 1. The zero-order valence-electron chi connectivity index (χ0n) is 11.8. The first-order valence-electron chi connectivity index (χ1n) is 6.73. The van der Waals surface area contributed by atoms with Crippen molar-refractivity contribution in [1.29, 1.82) is 0 Å². The highest BCUT2D eigenvalue weighted by atomic mass is 16.2. The van der Waals surface area contributed by atoms with Crippen molar-refractivity contribution >= 4 is 5.91 Å². The van der Waals surface area contributed by atoms with Gasteiger partial charge >= 0.3 is 0 Å². The summed E-state index contributed by atoms with van der Waals surface area (Å²) in [5, 5.41) is 3.00. The third kappa shape index (κ3) is 2.92. The molecule has 0 aromatic carbocycles. The lowest BCUT2D eigenvalue weighted by atomic mass is 10.0. The molecule has 2 rings (SSSR count). The van der Waals surface area contributed by atoms with Gasteiger partial charge in [0, 0.05) is 11.2 Å². The Balaban J connectivity index is 2.14. The van der Waals surface area contributed by atoms with Crippen LogP contribution in [0.5, 0.6) is 0 Å². The van der Waals surface area contributed by atoms with E-state index in [-0.39, 0.29) is 11.4 Å². The fourth-order valence-corrected chi connectivity index (χ4v) is 2.55. The summed E-state index contributed by atoms with van der Waals surface area (Å²) < 4.78 is 2.08. The number of hydrogen-bond donors (Lipinski definition) is 1. The molecule has 1 aliphatic carbocycles. The predicted octanol–water partition coefficient (Wildman–Crippen LogP) is 1.99. The molecule has 1 amide bonds. The van der Waals surface area contributed by atoms with Gasteiger partial charge in [-0.05, 0) is 53.4 Å². The van der Waals surface area contributed by atoms with Crippen LogP contribution in [0.25, 0.3) is 0 Å². The Kier molecular flexibility index (Phi) is 3.46. The molecule has 1 aromatic rings. The van der Waals surface area contributed by atoms with E-state index >= 15 is 0 Å². The highest BCUT2D eigenvalue weighted by Crippen LogP contribution is 2.21. The minimum atomic E-state index is -0.175. The standard InChI is InChI=1S/C14H23N3O/c1-10-15-11-7-5-6-8-12(11)17(10)9-13(18)16-14(2,3)4/h5-9H2,1-4H3,(H,16,18). The molecule has 4 heteroatoms. The molecule has 0 bridgehead atoms. The number of aromatic nitrogens is 2. The molecule has 0 saturated heterocycles. The number of amides is 1. The van der Waals surface area contributed by atoms with Crippen LogP contribution >= 0.6 is 0 Å². The Morgan fingerprint density at radius 3 is 2.67 bits per heavy atom. The molecule has 1 aromatic heterocycles. The van der Waals surface area contributed by atoms with Crippen molar-refractivity contribution < 1.29 is 4.79 Å². The quantitative estimate of drug-likeness (QED) is 0.871. The molecule has 0 radical (unpaired) electrons. The van der Waals surface area contributed by atoms with Gasteiger partial charge in [0.1, 0.15) is 12.4 Å². The van der Waals surface area contributed by atoms with Gasteiger partial charge in [-0.3, -0.25) is 4.79 Å². The van der Waals surface area contributed by atoms with E-state index in [0.717, 1.165) is 18.7 Å². The van der Waals surface area contributed by atoms with Gasteiger partial charge in [0.05, 0.1) is 5.69 Å². The number of hydrogen-bond acceptors (Lipinski definition) is 2. The van der Waals surface area contributed by atoms with Crippen molar-refractivity contribution in [3.63, 3.8) is 0 Å². The van der Waals surface area contributed by atoms with Crippen molar-refractivity contribution in [2.45, 2.75) is 65.5 Å². The van der Waals surface area contributed by atoms with E-state index in [1.807, 2.05) is 27.7 Å². The van der Waals surface area contributed by atoms with Crippen molar-refractivity contribution in [2.75, 3.05) is 0 Å². The number of aryl methyl sites for hydroxylation is 2. The maximum Gasteiger partial charge on any atom is 0.240 e. The zero-order chi connectivity index (χ0) is 13.3. The van der Waals surface area contributed by atoms with Crippen molar-refractivity contribution in [1.82, 2.24) is 14.9 Å². The normalized spacial score (nSPS) is 15.3. The third-order valence-electron chi connectivity index (χ3n) is 3.24. The second kappa shape index (κ2) is 4.75. The molecule has 0 saturated carbocycles. The van der Waals surface area contributed by atoms with Gasteiger partial charge < -0.3 is 9.88 Å². The van der Waals surface area contributed by atoms with Crippen LogP contribution in [-0.4, -0.2) is 21.0 Å². The molecular weight excluding hydrogens is 226 g/mol. The highest BCUT2D eigenvalue weighted by molar-refractivity contribution is 5.76. The fraction of sp³-hybridized carbons (Fsp3) is 0.714. The second-order valence-electron chi connectivity index (χ2n) is 6.14. The molecule has 18 heavy (non-hydrogen) atoms. The lowest BCUT2D eigenvalue weighted by Crippen LogP contribution is -2.42. The van der Waals surface area contributed by atoms with Crippen LogP contribution in [0.3, 0.4) is 0 Å². The lowest BCUT2D eigenvalue weighted by Gasteiger charge is -2.22. The molecule has 0 fully saturated rings. The van der Waals surface area contributed by atoms with Gasteiger partial charge in [0.15, 0.2) is 0 Å². The van der Waals surface area contributed by atoms with Crippen LogP contribution < -0.4 is 5.32 Å². The van der Waals surface area contributed by atoms with Crippen LogP contribution in [0.1, 0.15) is 50.8 Å². The summed E-state index contributed by atoms with van der Waals surface area (Å²) in [4.78, 5) is 16.6. The number of fused-ring (bicyclic) bond motifs is 1. The topological polar surface area (TPSA) is 46.9 Å². The van der Waals surface area contributed by atoms with Crippen molar-refractivity contribution in [3.05, 3.63) is 17.2 Å². The Labute approximate surface area is 109 Å². The number of nitrogens with one attached hydrogen (secondary N) is 1. The van der Waals surface area contributed by atoms with E-state index in [1.165, 1.54) is 24.2 Å². The average molecular weight is 249 g/mol. The van der Waals surface area contributed by atoms with Crippen LogP contribution in [0.15, 0.2) is 0 Å². The minimum Gasteiger partial charge on any atom is -0.350 e. The van der Waals surface area contributed by atoms with E-state index < -0.39 is 0 Å². The first kappa shape index (κ1) is 13.1. The van der Waals surface area contributed by atoms with E-state index in [1.54, 1.807) is 0 Å². The first-order chi connectivity index (χ1) is 8.37. The van der Waals surface area contributed by atoms with Crippen molar-refractivity contribution in [2.24, 2.45) is 0 Å². The van der Waals surface area contributed by atoms with Gasteiger partial charge in [-0.1, -0.05) is 0 Å². The summed E-state index contributed by atoms with van der Waals surface area (Å²) in [7, 11) is 0. The van der Waals surface area contributed by atoms with Crippen LogP contribution in [0, 0.1) is 6.92 Å². The Hall–Kier alpha value is -1.32. The Morgan fingerprint density at radius 1 is 1.33 bits per heavy atom. The third-order valence-corrected chi connectivity index (χ3v) is 3.24. The molecular formula is C14H23N3O. The molecule has 1 heterocycles. The molecule has 0 aliphatic heterocycles. The Morgan fingerprint density at radius 2 is 2.00 bits per heavy atom. The molecule has 1 aliphatic rings. The number of carbonyl (C=O) groups excluding carboxylic acids is 1.